The second-order valence-electron chi connectivity index (χ2n) is 7.97. The van der Waals surface area contributed by atoms with Crippen molar-refractivity contribution in [3.8, 4) is 0 Å². The minimum Gasteiger partial charge on any atom is -0.339 e. The maximum absolute atomic E-state index is 12.5. The molecule has 0 spiro atoms. The van der Waals surface area contributed by atoms with Crippen LogP contribution in [-0.2, 0) is 4.79 Å². The molecule has 1 saturated carbocycles. The number of carbonyl (C=O) groups is 1. The van der Waals surface area contributed by atoms with Crippen molar-refractivity contribution < 1.29 is 4.79 Å². The number of rotatable bonds is 5. The van der Waals surface area contributed by atoms with Crippen molar-refractivity contribution in [2.75, 3.05) is 66.5 Å². The van der Waals surface area contributed by atoms with Gasteiger partial charge in [-0.15, -0.1) is 0 Å². The van der Waals surface area contributed by atoms with Crippen LogP contribution in [0, 0.1) is 5.92 Å². The molecule has 0 bridgehead atoms. The maximum Gasteiger partial charge on any atom is 0.236 e. The van der Waals surface area contributed by atoms with Crippen LogP contribution in [0.2, 0.25) is 0 Å². The monoisotopic (exact) mass is 322 g/mol. The fourth-order valence-corrected chi connectivity index (χ4v) is 4.41. The van der Waals surface area contributed by atoms with Crippen molar-refractivity contribution in [2.45, 2.75) is 38.1 Å². The summed E-state index contributed by atoms with van der Waals surface area (Å²) in [5, 5.41) is 0. The van der Waals surface area contributed by atoms with Gasteiger partial charge in [0.05, 0.1) is 6.54 Å². The van der Waals surface area contributed by atoms with Gasteiger partial charge >= 0.3 is 0 Å². The fourth-order valence-electron chi connectivity index (χ4n) is 4.41. The Morgan fingerprint density at radius 2 is 1.65 bits per heavy atom. The third-order valence-corrected chi connectivity index (χ3v) is 6.05. The molecule has 2 saturated heterocycles. The van der Waals surface area contributed by atoms with Crippen LogP contribution in [-0.4, -0.2) is 98.0 Å². The highest BCUT2D eigenvalue weighted by Gasteiger charge is 2.28. The molecule has 0 aromatic rings. The Morgan fingerprint density at radius 1 is 0.957 bits per heavy atom. The highest BCUT2D eigenvalue weighted by Crippen LogP contribution is 2.25. The molecule has 2 heterocycles. The van der Waals surface area contributed by atoms with E-state index in [4.69, 9.17) is 0 Å². The SMILES string of the molecule is CN(C)[C@@H]1CCN(CC(=O)N2CCN(CC3CCCC3)CC2)C1. The molecule has 0 radical (unpaired) electrons. The lowest BCUT2D eigenvalue weighted by atomic mass is 10.1. The highest BCUT2D eigenvalue weighted by molar-refractivity contribution is 5.78. The van der Waals surface area contributed by atoms with Crippen molar-refractivity contribution in [1.29, 1.82) is 0 Å². The van der Waals surface area contributed by atoms with E-state index in [9.17, 15) is 4.79 Å². The van der Waals surface area contributed by atoms with Gasteiger partial charge < -0.3 is 9.80 Å². The number of likely N-dealkylation sites (N-methyl/N-ethyl adjacent to an activating group) is 1. The van der Waals surface area contributed by atoms with Gasteiger partial charge in [0.25, 0.3) is 0 Å². The molecule has 0 aromatic heterocycles. The summed E-state index contributed by atoms with van der Waals surface area (Å²) in [6.07, 6.45) is 6.87. The number of piperazine rings is 1. The number of likely N-dealkylation sites (tertiary alicyclic amines) is 1. The average Bonchev–Trinajstić information content (AvgIpc) is 3.19. The van der Waals surface area contributed by atoms with Crippen LogP contribution in [0.1, 0.15) is 32.1 Å². The minimum absolute atomic E-state index is 0.338. The third kappa shape index (κ3) is 4.68. The average molecular weight is 322 g/mol. The van der Waals surface area contributed by atoms with E-state index in [0.717, 1.165) is 45.2 Å². The zero-order chi connectivity index (χ0) is 16.2. The van der Waals surface area contributed by atoms with E-state index in [2.05, 4.69) is 33.7 Å². The molecule has 0 unspecified atom stereocenters. The van der Waals surface area contributed by atoms with Crippen molar-refractivity contribution in [3.05, 3.63) is 0 Å². The zero-order valence-electron chi connectivity index (χ0n) is 15.0. The first kappa shape index (κ1) is 17.2. The lowest BCUT2D eigenvalue weighted by Crippen LogP contribution is -2.51. The van der Waals surface area contributed by atoms with Crippen LogP contribution < -0.4 is 0 Å². The number of amides is 1. The van der Waals surface area contributed by atoms with E-state index in [1.165, 1.54) is 38.6 Å². The summed E-state index contributed by atoms with van der Waals surface area (Å²) < 4.78 is 0. The molecule has 0 N–H and O–H groups in total. The Bertz CT molecular complexity index is 386. The summed E-state index contributed by atoms with van der Waals surface area (Å²) in [5.41, 5.74) is 0. The molecule has 0 aromatic carbocycles. The molecule has 1 amide bonds. The number of nitrogens with zero attached hydrogens (tertiary/aromatic N) is 4. The van der Waals surface area contributed by atoms with E-state index in [1.54, 1.807) is 0 Å². The van der Waals surface area contributed by atoms with Crippen molar-refractivity contribution in [2.24, 2.45) is 5.92 Å². The van der Waals surface area contributed by atoms with Gasteiger partial charge in [-0.2, -0.15) is 0 Å². The van der Waals surface area contributed by atoms with Crippen LogP contribution in [0.4, 0.5) is 0 Å². The second kappa shape index (κ2) is 7.95. The second-order valence-corrected chi connectivity index (χ2v) is 7.97. The third-order valence-electron chi connectivity index (χ3n) is 6.05. The van der Waals surface area contributed by atoms with E-state index < -0.39 is 0 Å². The predicted molar refractivity (Wildman–Crippen MR) is 93.5 cm³/mol. The maximum atomic E-state index is 12.5. The lowest BCUT2D eigenvalue weighted by Gasteiger charge is -2.36. The predicted octanol–water partition coefficient (Wildman–Crippen LogP) is 0.957. The van der Waals surface area contributed by atoms with Crippen LogP contribution in [0.15, 0.2) is 0 Å². The Morgan fingerprint density at radius 3 is 2.26 bits per heavy atom. The topological polar surface area (TPSA) is 30.0 Å². The Balaban J connectivity index is 1.36. The summed E-state index contributed by atoms with van der Waals surface area (Å²) in [6.45, 7) is 7.99. The van der Waals surface area contributed by atoms with Gasteiger partial charge in [0.1, 0.15) is 0 Å². The van der Waals surface area contributed by atoms with Crippen molar-refractivity contribution in [1.82, 2.24) is 19.6 Å². The normalized spacial score (nSPS) is 28.1. The molecule has 23 heavy (non-hydrogen) atoms. The van der Waals surface area contributed by atoms with E-state index in [0.29, 0.717) is 18.5 Å². The summed E-state index contributed by atoms with van der Waals surface area (Å²) in [7, 11) is 4.28. The highest BCUT2D eigenvalue weighted by atomic mass is 16.2. The quantitative estimate of drug-likeness (QED) is 0.754. The zero-order valence-corrected chi connectivity index (χ0v) is 15.0. The fraction of sp³-hybridized carbons (Fsp3) is 0.944. The van der Waals surface area contributed by atoms with Gasteiger partial charge in [0.2, 0.25) is 5.91 Å². The first-order chi connectivity index (χ1) is 11.1. The number of carbonyl (C=O) groups excluding carboxylic acids is 1. The van der Waals surface area contributed by atoms with Crippen LogP contribution >= 0.6 is 0 Å². The van der Waals surface area contributed by atoms with Crippen LogP contribution in [0.5, 0.6) is 0 Å². The van der Waals surface area contributed by atoms with Crippen LogP contribution in [0.3, 0.4) is 0 Å². The number of hydrogen-bond donors (Lipinski definition) is 0. The molecule has 2 aliphatic heterocycles. The first-order valence-corrected chi connectivity index (χ1v) is 9.50. The lowest BCUT2D eigenvalue weighted by molar-refractivity contribution is -0.134. The molecule has 5 heteroatoms. The molecule has 3 fully saturated rings. The summed E-state index contributed by atoms with van der Waals surface area (Å²) in [4.78, 5) is 21.8. The molecule has 3 aliphatic rings. The molecule has 1 aliphatic carbocycles. The Labute approximate surface area is 141 Å². The van der Waals surface area contributed by atoms with E-state index in [1.807, 2.05) is 0 Å². The molecule has 1 atom stereocenters. The minimum atomic E-state index is 0.338. The van der Waals surface area contributed by atoms with Gasteiger partial charge in [-0.1, -0.05) is 12.8 Å². The molecule has 5 nitrogen and oxygen atoms in total. The largest absolute Gasteiger partial charge is 0.339 e. The smallest absolute Gasteiger partial charge is 0.236 e. The van der Waals surface area contributed by atoms with Crippen molar-refractivity contribution >= 4 is 5.91 Å². The van der Waals surface area contributed by atoms with Gasteiger partial charge in [0, 0.05) is 51.9 Å². The summed E-state index contributed by atoms with van der Waals surface area (Å²) >= 11 is 0. The number of hydrogen-bond acceptors (Lipinski definition) is 4. The first-order valence-electron chi connectivity index (χ1n) is 9.50. The van der Waals surface area contributed by atoms with Gasteiger partial charge in [-0.25, -0.2) is 0 Å². The standard InChI is InChI=1S/C18H34N4O/c1-19(2)17-7-8-21(14-17)15-18(23)22-11-9-20(10-12-22)13-16-5-3-4-6-16/h16-17H,3-15H2,1-2H3/t17-/m1/s1. The van der Waals surface area contributed by atoms with Gasteiger partial charge in [0.15, 0.2) is 0 Å². The Hall–Kier alpha value is -0.650. The van der Waals surface area contributed by atoms with Gasteiger partial charge in [-0.3, -0.25) is 14.6 Å². The molecule has 132 valence electrons. The molecular weight excluding hydrogens is 288 g/mol. The Kier molecular flexibility index (Phi) is 5.94. The molecular formula is C18H34N4O. The van der Waals surface area contributed by atoms with E-state index >= 15 is 0 Å². The van der Waals surface area contributed by atoms with Crippen molar-refractivity contribution in [3.63, 3.8) is 0 Å². The summed E-state index contributed by atoms with van der Waals surface area (Å²) in [5.74, 6) is 1.26. The van der Waals surface area contributed by atoms with Gasteiger partial charge in [-0.05, 0) is 39.3 Å². The van der Waals surface area contributed by atoms with E-state index in [-0.39, 0.29) is 0 Å². The molecule has 3 rings (SSSR count). The summed E-state index contributed by atoms with van der Waals surface area (Å²) in [6, 6.07) is 0.617. The van der Waals surface area contributed by atoms with Crippen LogP contribution in [0.25, 0.3) is 0 Å².